The van der Waals surface area contributed by atoms with Gasteiger partial charge in [-0.25, -0.2) is 4.79 Å². The van der Waals surface area contributed by atoms with Gasteiger partial charge in [0.1, 0.15) is 0 Å². The Balaban J connectivity index is 1.63. The van der Waals surface area contributed by atoms with Gasteiger partial charge in [0.25, 0.3) is 5.91 Å². The van der Waals surface area contributed by atoms with Crippen molar-refractivity contribution in [1.29, 1.82) is 0 Å². The highest BCUT2D eigenvalue weighted by Gasteiger charge is 2.17. The second-order valence-electron chi connectivity index (χ2n) is 5.44. The summed E-state index contributed by atoms with van der Waals surface area (Å²) >= 11 is 1.52. The van der Waals surface area contributed by atoms with Crippen molar-refractivity contribution in [1.82, 2.24) is 0 Å². The Morgan fingerprint density at radius 2 is 1.88 bits per heavy atom. The van der Waals surface area contributed by atoms with E-state index in [4.69, 9.17) is 4.74 Å². The zero-order valence-corrected chi connectivity index (χ0v) is 14.5. The summed E-state index contributed by atoms with van der Waals surface area (Å²) < 4.78 is 5.16. The molecule has 2 aromatic carbocycles. The van der Waals surface area contributed by atoms with Gasteiger partial charge in [-0.05, 0) is 35.9 Å². The molecule has 1 N–H and O–H groups in total. The Morgan fingerprint density at radius 1 is 1.08 bits per heavy atom. The highest BCUT2D eigenvalue weighted by Crippen LogP contribution is 2.23. The fraction of sp³-hybridized carbons (Fsp3) is 0.100. The van der Waals surface area contributed by atoms with Crippen molar-refractivity contribution in [3.05, 3.63) is 70.9 Å². The zero-order valence-electron chi connectivity index (χ0n) is 13.6. The van der Waals surface area contributed by atoms with E-state index in [2.05, 4.69) is 5.32 Å². The third kappa shape index (κ3) is 4.33. The van der Waals surface area contributed by atoms with Crippen LogP contribution in [0.5, 0.6) is 0 Å². The lowest BCUT2D eigenvalue weighted by Gasteiger charge is -2.13. The first kappa shape index (κ1) is 16.9. The number of esters is 1. The number of ether oxygens (including phenoxy) is 1. The van der Waals surface area contributed by atoms with E-state index in [1.165, 1.54) is 17.4 Å². The van der Waals surface area contributed by atoms with E-state index in [1.807, 2.05) is 60.0 Å². The Hall–Kier alpha value is -2.92. The molecule has 0 aliphatic heterocycles. The predicted octanol–water partition coefficient (Wildman–Crippen LogP) is 4.48. The lowest BCUT2D eigenvalue weighted by Crippen LogP contribution is -2.29. The summed E-state index contributed by atoms with van der Waals surface area (Å²) in [5, 5.41) is 6.71. The molecule has 0 saturated carbocycles. The number of hydrogen-bond donors (Lipinski definition) is 1. The number of carbonyl (C=O) groups is 2. The number of thiophene rings is 1. The van der Waals surface area contributed by atoms with Gasteiger partial charge in [0.2, 0.25) is 0 Å². The van der Waals surface area contributed by atoms with Gasteiger partial charge in [0, 0.05) is 22.0 Å². The normalized spacial score (nSPS) is 12.2. The summed E-state index contributed by atoms with van der Waals surface area (Å²) in [5.41, 5.74) is 0.695. The first-order valence-corrected chi connectivity index (χ1v) is 8.72. The molecule has 3 aromatic rings. The summed E-state index contributed by atoms with van der Waals surface area (Å²) in [6, 6.07) is 17.2. The molecular weight excluding hydrogens is 334 g/mol. The summed E-state index contributed by atoms with van der Waals surface area (Å²) in [4.78, 5) is 25.1. The first-order chi connectivity index (χ1) is 12.1. The van der Waals surface area contributed by atoms with E-state index in [-0.39, 0.29) is 5.91 Å². The number of benzene rings is 2. The van der Waals surface area contributed by atoms with Crippen LogP contribution in [0, 0.1) is 0 Å². The van der Waals surface area contributed by atoms with Crippen LogP contribution in [0.25, 0.3) is 16.8 Å². The molecule has 0 spiro atoms. The van der Waals surface area contributed by atoms with Crippen LogP contribution in [0.4, 0.5) is 5.69 Å². The van der Waals surface area contributed by atoms with Gasteiger partial charge in [-0.3, -0.25) is 4.79 Å². The van der Waals surface area contributed by atoms with Crippen LogP contribution in [-0.4, -0.2) is 18.0 Å². The van der Waals surface area contributed by atoms with Gasteiger partial charge >= 0.3 is 5.97 Å². The third-order valence-corrected chi connectivity index (χ3v) is 4.47. The molecule has 0 saturated heterocycles. The molecule has 1 heterocycles. The molecule has 4 nitrogen and oxygen atoms in total. The Labute approximate surface area is 149 Å². The minimum absolute atomic E-state index is 0.366. The molecular formula is C20H17NO3S. The summed E-state index contributed by atoms with van der Waals surface area (Å²) in [6.07, 6.45) is 2.11. The van der Waals surface area contributed by atoms with Gasteiger partial charge < -0.3 is 10.1 Å². The molecule has 5 heteroatoms. The fourth-order valence-corrected chi connectivity index (χ4v) is 2.99. The molecule has 25 heavy (non-hydrogen) atoms. The number of fused-ring (bicyclic) bond motifs is 1. The molecule has 0 aliphatic carbocycles. The third-order valence-electron chi connectivity index (χ3n) is 3.64. The monoisotopic (exact) mass is 351 g/mol. The maximum atomic E-state index is 12.3. The van der Waals surface area contributed by atoms with Crippen LogP contribution in [0.1, 0.15) is 11.8 Å². The van der Waals surface area contributed by atoms with Crippen molar-refractivity contribution in [2.24, 2.45) is 0 Å². The Bertz CT molecular complexity index is 910. The van der Waals surface area contributed by atoms with Gasteiger partial charge in [0.15, 0.2) is 6.10 Å². The highest BCUT2D eigenvalue weighted by molar-refractivity contribution is 7.10. The van der Waals surface area contributed by atoms with E-state index < -0.39 is 12.1 Å². The smallest absolute Gasteiger partial charge is 0.331 e. The lowest BCUT2D eigenvalue weighted by molar-refractivity contribution is -0.148. The van der Waals surface area contributed by atoms with Crippen molar-refractivity contribution >= 4 is 45.7 Å². The molecule has 0 unspecified atom stereocenters. The van der Waals surface area contributed by atoms with Gasteiger partial charge in [-0.1, -0.05) is 42.5 Å². The number of rotatable bonds is 5. The lowest BCUT2D eigenvalue weighted by atomic mass is 10.1. The number of amides is 1. The van der Waals surface area contributed by atoms with Crippen molar-refractivity contribution in [3.8, 4) is 0 Å². The zero-order chi connectivity index (χ0) is 17.6. The molecule has 0 aliphatic rings. The van der Waals surface area contributed by atoms with Gasteiger partial charge in [-0.15, -0.1) is 11.3 Å². The maximum Gasteiger partial charge on any atom is 0.331 e. The average molecular weight is 351 g/mol. The van der Waals surface area contributed by atoms with Crippen molar-refractivity contribution < 1.29 is 14.3 Å². The maximum absolute atomic E-state index is 12.3. The molecule has 1 amide bonds. The van der Waals surface area contributed by atoms with Gasteiger partial charge in [-0.2, -0.15) is 0 Å². The average Bonchev–Trinajstić information content (AvgIpc) is 3.14. The van der Waals surface area contributed by atoms with E-state index in [0.29, 0.717) is 5.69 Å². The molecule has 1 atom stereocenters. The SMILES string of the molecule is C[C@@H](OC(=O)/C=C/c1cccs1)C(=O)Nc1cccc2ccccc12. The fourth-order valence-electron chi connectivity index (χ4n) is 2.37. The van der Waals surface area contributed by atoms with E-state index >= 15 is 0 Å². The molecule has 0 fully saturated rings. The molecule has 0 bridgehead atoms. The second kappa shape index (κ2) is 7.77. The predicted molar refractivity (Wildman–Crippen MR) is 101 cm³/mol. The van der Waals surface area contributed by atoms with Crippen molar-refractivity contribution in [3.63, 3.8) is 0 Å². The summed E-state index contributed by atoms with van der Waals surface area (Å²) in [5.74, 6) is -0.914. The van der Waals surface area contributed by atoms with Gasteiger partial charge in [0.05, 0.1) is 0 Å². The van der Waals surface area contributed by atoms with Crippen LogP contribution in [0.15, 0.2) is 66.1 Å². The number of anilines is 1. The Kier molecular flexibility index (Phi) is 5.26. The quantitative estimate of drug-likeness (QED) is 0.544. The summed E-state index contributed by atoms with van der Waals surface area (Å²) in [6.45, 7) is 1.55. The molecule has 3 rings (SSSR count). The van der Waals surface area contributed by atoms with Crippen LogP contribution >= 0.6 is 11.3 Å². The first-order valence-electron chi connectivity index (χ1n) is 7.84. The second-order valence-corrected chi connectivity index (χ2v) is 6.42. The van der Waals surface area contributed by atoms with E-state index in [0.717, 1.165) is 15.6 Å². The number of carbonyl (C=O) groups excluding carboxylic acids is 2. The molecule has 1 aromatic heterocycles. The topological polar surface area (TPSA) is 55.4 Å². The Morgan fingerprint density at radius 3 is 2.68 bits per heavy atom. The van der Waals surface area contributed by atoms with Crippen LogP contribution < -0.4 is 5.32 Å². The minimum atomic E-state index is -0.889. The van der Waals surface area contributed by atoms with E-state index in [9.17, 15) is 9.59 Å². The summed E-state index contributed by atoms with van der Waals surface area (Å²) in [7, 11) is 0. The van der Waals surface area contributed by atoms with Crippen LogP contribution in [-0.2, 0) is 14.3 Å². The number of hydrogen-bond acceptors (Lipinski definition) is 4. The van der Waals surface area contributed by atoms with Crippen molar-refractivity contribution in [2.75, 3.05) is 5.32 Å². The largest absolute Gasteiger partial charge is 0.449 e. The van der Waals surface area contributed by atoms with Crippen LogP contribution in [0.3, 0.4) is 0 Å². The van der Waals surface area contributed by atoms with E-state index in [1.54, 1.807) is 13.0 Å². The van der Waals surface area contributed by atoms with Crippen LogP contribution in [0.2, 0.25) is 0 Å². The standard InChI is InChI=1S/C20H17NO3S/c1-14(24-19(22)12-11-16-8-5-13-25-16)20(23)21-18-10-4-7-15-6-2-3-9-17(15)18/h2-14H,1H3,(H,21,23)/b12-11+/t14-/m1/s1. The molecule has 126 valence electrons. The van der Waals surface area contributed by atoms with Crippen molar-refractivity contribution in [2.45, 2.75) is 13.0 Å². The molecule has 0 radical (unpaired) electrons. The number of nitrogens with one attached hydrogen (secondary N) is 1. The minimum Gasteiger partial charge on any atom is -0.449 e. The highest BCUT2D eigenvalue weighted by atomic mass is 32.1.